The summed E-state index contributed by atoms with van der Waals surface area (Å²) >= 11 is 2.93. The van der Waals surface area contributed by atoms with Crippen molar-refractivity contribution in [3.05, 3.63) is 40.1 Å². The van der Waals surface area contributed by atoms with E-state index >= 15 is 0 Å². The average molecular weight is 305 g/mol. The number of aromatic nitrogens is 2. The number of benzene rings is 1. The highest BCUT2D eigenvalue weighted by Gasteiger charge is 2.32. The van der Waals surface area contributed by atoms with Crippen molar-refractivity contribution in [3.8, 4) is 11.4 Å². The molecule has 0 atom stereocenters. The summed E-state index contributed by atoms with van der Waals surface area (Å²) in [7, 11) is 0. The van der Waals surface area contributed by atoms with Gasteiger partial charge in [-0.2, -0.15) is 13.2 Å². The second-order valence-corrected chi connectivity index (χ2v) is 4.46. The van der Waals surface area contributed by atoms with Crippen LogP contribution in [0.3, 0.4) is 0 Å². The van der Waals surface area contributed by atoms with E-state index in [1.807, 2.05) is 6.92 Å². The van der Waals surface area contributed by atoms with Crippen LogP contribution in [0.4, 0.5) is 13.2 Å². The van der Waals surface area contributed by atoms with E-state index in [2.05, 4.69) is 25.9 Å². The lowest BCUT2D eigenvalue weighted by Gasteiger charge is -2.09. The molecule has 1 heterocycles. The second-order valence-electron chi connectivity index (χ2n) is 3.61. The summed E-state index contributed by atoms with van der Waals surface area (Å²) < 4.78 is 37.6. The van der Waals surface area contributed by atoms with Crippen LogP contribution in [0.2, 0.25) is 0 Å². The van der Waals surface area contributed by atoms with Crippen molar-refractivity contribution in [2.75, 3.05) is 0 Å². The van der Waals surface area contributed by atoms with Crippen LogP contribution in [0.5, 0.6) is 0 Å². The Morgan fingerprint density at radius 3 is 2.47 bits per heavy atom. The molecule has 0 aliphatic carbocycles. The normalized spacial score (nSPS) is 11.8. The van der Waals surface area contributed by atoms with Crippen LogP contribution in [0.1, 0.15) is 11.3 Å². The first-order chi connectivity index (χ1) is 7.88. The summed E-state index contributed by atoms with van der Waals surface area (Å²) in [6.07, 6.45) is -2.72. The summed E-state index contributed by atoms with van der Waals surface area (Å²) in [5, 5.41) is 0. The van der Waals surface area contributed by atoms with Gasteiger partial charge in [-0.25, -0.2) is 4.98 Å². The molecular formula is C11H8BrF3N2. The van der Waals surface area contributed by atoms with Gasteiger partial charge >= 0.3 is 6.18 Å². The van der Waals surface area contributed by atoms with Crippen LogP contribution in [0.25, 0.3) is 11.4 Å². The van der Waals surface area contributed by atoms with Crippen LogP contribution in [-0.4, -0.2) is 9.97 Å². The second kappa shape index (κ2) is 4.18. The molecule has 0 bridgehead atoms. The fraction of sp³-hybridized carbons (Fsp3) is 0.182. The van der Waals surface area contributed by atoms with E-state index in [0.717, 1.165) is 11.8 Å². The molecule has 0 saturated carbocycles. The first-order valence-corrected chi connectivity index (χ1v) is 5.56. The van der Waals surface area contributed by atoms with E-state index in [9.17, 15) is 13.2 Å². The van der Waals surface area contributed by atoms with Gasteiger partial charge in [-0.3, -0.25) is 0 Å². The predicted molar refractivity (Wildman–Crippen MR) is 61.5 cm³/mol. The van der Waals surface area contributed by atoms with Gasteiger partial charge in [-0.1, -0.05) is 22.0 Å². The zero-order chi connectivity index (χ0) is 12.6. The Hall–Kier alpha value is -1.30. The number of alkyl halides is 3. The van der Waals surface area contributed by atoms with Gasteiger partial charge in [0.15, 0.2) is 0 Å². The first kappa shape index (κ1) is 12.2. The molecule has 0 amide bonds. The minimum atomic E-state index is -4.35. The van der Waals surface area contributed by atoms with Crippen molar-refractivity contribution < 1.29 is 13.2 Å². The SMILES string of the molecule is Cc1cnc(-c2ccc(C(F)(F)F)c(Br)c2)[nH]1. The van der Waals surface area contributed by atoms with E-state index in [1.165, 1.54) is 12.1 Å². The Morgan fingerprint density at radius 2 is 2.00 bits per heavy atom. The average Bonchev–Trinajstić information content (AvgIpc) is 2.62. The van der Waals surface area contributed by atoms with Crippen molar-refractivity contribution in [1.29, 1.82) is 0 Å². The van der Waals surface area contributed by atoms with Gasteiger partial charge in [0.1, 0.15) is 5.82 Å². The van der Waals surface area contributed by atoms with Gasteiger partial charge in [0.2, 0.25) is 0 Å². The number of halogens is 4. The topological polar surface area (TPSA) is 28.7 Å². The summed E-state index contributed by atoms with van der Waals surface area (Å²) in [4.78, 5) is 7.03. The summed E-state index contributed by atoms with van der Waals surface area (Å²) in [5.41, 5.74) is 0.776. The van der Waals surface area contributed by atoms with Crippen molar-refractivity contribution in [3.63, 3.8) is 0 Å². The lowest BCUT2D eigenvalue weighted by atomic mass is 10.1. The molecule has 0 aliphatic rings. The molecule has 2 nitrogen and oxygen atoms in total. The number of aryl methyl sites for hydroxylation is 1. The smallest absolute Gasteiger partial charge is 0.342 e. The fourth-order valence-corrected chi connectivity index (χ4v) is 2.06. The molecule has 1 aromatic carbocycles. The van der Waals surface area contributed by atoms with Gasteiger partial charge in [-0.05, 0) is 19.1 Å². The maximum Gasteiger partial charge on any atom is 0.417 e. The third kappa shape index (κ3) is 2.52. The maximum atomic E-state index is 12.5. The molecule has 2 rings (SSSR count). The van der Waals surface area contributed by atoms with E-state index < -0.39 is 11.7 Å². The Balaban J connectivity index is 2.44. The number of imidazole rings is 1. The molecule has 0 aliphatic heterocycles. The number of hydrogen-bond acceptors (Lipinski definition) is 1. The van der Waals surface area contributed by atoms with Gasteiger partial charge in [0.25, 0.3) is 0 Å². The highest BCUT2D eigenvalue weighted by Crippen LogP contribution is 2.36. The fourth-order valence-electron chi connectivity index (χ4n) is 1.45. The largest absolute Gasteiger partial charge is 0.417 e. The van der Waals surface area contributed by atoms with Gasteiger partial charge in [-0.15, -0.1) is 0 Å². The van der Waals surface area contributed by atoms with E-state index in [4.69, 9.17) is 0 Å². The number of rotatable bonds is 1. The summed E-state index contributed by atoms with van der Waals surface area (Å²) in [5.74, 6) is 0.553. The zero-order valence-electron chi connectivity index (χ0n) is 8.77. The van der Waals surface area contributed by atoms with Crippen molar-refractivity contribution in [2.24, 2.45) is 0 Å². The molecular weight excluding hydrogens is 297 g/mol. The Labute approximate surface area is 104 Å². The molecule has 0 saturated heterocycles. The highest BCUT2D eigenvalue weighted by molar-refractivity contribution is 9.10. The number of H-pyrrole nitrogens is 1. The minimum Gasteiger partial charge on any atom is -0.342 e. The number of nitrogens with one attached hydrogen (secondary N) is 1. The van der Waals surface area contributed by atoms with Crippen LogP contribution in [0, 0.1) is 6.92 Å². The molecule has 17 heavy (non-hydrogen) atoms. The monoisotopic (exact) mass is 304 g/mol. The van der Waals surface area contributed by atoms with Crippen molar-refractivity contribution >= 4 is 15.9 Å². The Kier molecular flexibility index (Phi) is 2.99. The molecule has 2 aromatic rings. The highest BCUT2D eigenvalue weighted by atomic mass is 79.9. The molecule has 90 valence electrons. The zero-order valence-corrected chi connectivity index (χ0v) is 10.4. The van der Waals surface area contributed by atoms with Crippen molar-refractivity contribution in [1.82, 2.24) is 9.97 Å². The van der Waals surface area contributed by atoms with Crippen LogP contribution in [-0.2, 0) is 6.18 Å². The van der Waals surface area contributed by atoms with Gasteiger partial charge in [0, 0.05) is 21.9 Å². The molecule has 0 spiro atoms. The van der Waals surface area contributed by atoms with Crippen LogP contribution >= 0.6 is 15.9 Å². The molecule has 6 heteroatoms. The first-order valence-electron chi connectivity index (χ1n) is 4.76. The third-order valence-electron chi connectivity index (χ3n) is 2.25. The van der Waals surface area contributed by atoms with Crippen LogP contribution in [0.15, 0.2) is 28.9 Å². The van der Waals surface area contributed by atoms with Gasteiger partial charge in [0.05, 0.1) is 5.56 Å². The van der Waals surface area contributed by atoms with E-state index in [-0.39, 0.29) is 4.47 Å². The molecule has 1 aromatic heterocycles. The lowest BCUT2D eigenvalue weighted by Crippen LogP contribution is -2.05. The van der Waals surface area contributed by atoms with Crippen LogP contribution < -0.4 is 0 Å². The van der Waals surface area contributed by atoms with E-state index in [1.54, 1.807) is 6.20 Å². The quantitative estimate of drug-likeness (QED) is 0.842. The maximum absolute atomic E-state index is 12.5. The standard InChI is InChI=1S/C11H8BrF3N2/c1-6-5-16-10(17-6)7-2-3-8(9(12)4-7)11(13,14)15/h2-5H,1H3,(H,16,17). The number of nitrogens with zero attached hydrogens (tertiary/aromatic N) is 1. The number of aromatic amines is 1. The molecule has 0 radical (unpaired) electrons. The molecule has 1 N–H and O–H groups in total. The number of hydrogen-bond donors (Lipinski definition) is 1. The summed E-state index contributed by atoms with van der Waals surface area (Å²) in [6, 6.07) is 3.84. The summed E-state index contributed by atoms with van der Waals surface area (Å²) in [6.45, 7) is 1.83. The molecule has 0 unspecified atom stereocenters. The predicted octanol–water partition coefficient (Wildman–Crippen LogP) is 4.17. The van der Waals surface area contributed by atoms with Crippen molar-refractivity contribution in [2.45, 2.75) is 13.1 Å². The minimum absolute atomic E-state index is 0.0107. The van der Waals surface area contributed by atoms with Gasteiger partial charge < -0.3 is 4.98 Å². The lowest BCUT2D eigenvalue weighted by molar-refractivity contribution is -0.138. The molecule has 0 fully saturated rings. The van der Waals surface area contributed by atoms with E-state index in [0.29, 0.717) is 11.4 Å². The Bertz CT molecular complexity index is 546. The Morgan fingerprint density at radius 1 is 1.29 bits per heavy atom. The third-order valence-corrected chi connectivity index (χ3v) is 2.91.